The lowest BCUT2D eigenvalue weighted by Crippen LogP contribution is -2.43. The maximum atomic E-state index is 12.5. The summed E-state index contributed by atoms with van der Waals surface area (Å²) in [6.07, 6.45) is 2.81. The second kappa shape index (κ2) is 9.45. The van der Waals surface area contributed by atoms with Crippen LogP contribution in [0.5, 0.6) is 17.2 Å². The first-order valence-electron chi connectivity index (χ1n) is 8.78. The van der Waals surface area contributed by atoms with E-state index in [1.54, 1.807) is 42.5 Å². The standard InChI is InChI=1S/C21H18BrNO7/c1-27-18-9-13(4-8-20(25)28-2)3-7-16(18)30-21(26)11-23-15-6-5-14(22)10-17(15)29-12-19(23)24/h3-10H,11-12H2,1-2H3/b8-4+. The fourth-order valence-corrected chi connectivity index (χ4v) is 3.08. The number of esters is 2. The van der Waals surface area contributed by atoms with E-state index in [1.807, 2.05) is 0 Å². The van der Waals surface area contributed by atoms with Crippen LogP contribution in [-0.4, -0.2) is 45.2 Å². The summed E-state index contributed by atoms with van der Waals surface area (Å²) in [5, 5.41) is 0. The number of hydrogen-bond acceptors (Lipinski definition) is 7. The van der Waals surface area contributed by atoms with Gasteiger partial charge in [0.25, 0.3) is 5.91 Å². The van der Waals surface area contributed by atoms with E-state index in [-0.39, 0.29) is 24.8 Å². The Balaban J connectivity index is 1.74. The molecule has 0 aliphatic carbocycles. The lowest BCUT2D eigenvalue weighted by atomic mass is 10.2. The molecule has 156 valence electrons. The molecule has 1 aliphatic heterocycles. The van der Waals surface area contributed by atoms with E-state index >= 15 is 0 Å². The molecule has 8 nitrogen and oxygen atoms in total. The molecule has 3 rings (SSSR count). The number of benzene rings is 2. The number of rotatable bonds is 6. The third kappa shape index (κ3) is 4.98. The summed E-state index contributed by atoms with van der Waals surface area (Å²) in [5.41, 5.74) is 1.14. The zero-order valence-corrected chi connectivity index (χ0v) is 17.8. The molecule has 1 heterocycles. The Morgan fingerprint density at radius 2 is 1.97 bits per heavy atom. The molecule has 2 aromatic carbocycles. The molecule has 0 atom stereocenters. The zero-order chi connectivity index (χ0) is 21.7. The third-order valence-corrected chi connectivity index (χ3v) is 4.67. The highest BCUT2D eigenvalue weighted by molar-refractivity contribution is 9.10. The normalized spacial score (nSPS) is 12.9. The molecule has 0 radical (unpaired) electrons. The van der Waals surface area contributed by atoms with Gasteiger partial charge in [-0.05, 0) is 42.0 Å². The summed E-state index contributed by atoms with van der Waals surface area (Å²) < 4.78 is 21.4. The van der Waals surface area contributed by atoms with Crippen molar-refractivity contribution in [2.24, 2.45) is 0 Å². The Labute approximate surface area is 181 Å². The summed E-state index contributed by atoms with van der Waals surface area (Å²) >= 11 is 3.35. The molecule has 0 fully saturated rings. The number of amides is 1. The van der Waals surface area contributed by atoms with Gasteiger partial charge in [0.1, 0.15) is 12.3 Å². The van der Waals surface area contributed by atoms with Crippen molar-refractivity contribution in [3.8, 4) is 17.2 Å². The number of anilines is 1. The molecule has 0 N–H and O–H groups in total. The van der Waals surface area contributed by atoms with E-state index in [1.165, 1.54) is 25.2 Å². The van der Waals surface area contributed by atoms with Crippen LogP contribution in [0.15, 0.2) is 46.9 Å². The van der Waals surface area contributed by atoms with Crippen LogP contribution in [0.4, 0.5) is 5.69 Å². The number of carbonyl (C=O) groups is 3. The van der Waals surface area contributed by atoms with E-state index in [9.17, 15) is 14.4 Å². The Bertz CT molecular complexity index is 1020. The molecule has 0 saturated heterocycles. The highest BCUT2D eigenvalue weighted by Crippen LogP contribution is 2.35. The third-order valence-electron chi connectivity index (χ3n) is 4.18. The van der Waals surface area contributed by atoms with Crippen molar-refractivity contribution in [1.29, 1.82) is 0 Å². The Morgan fingerprint density at radius 1 is 1.17 bits per heavy atom. The first-order valence-corrected chi connectivity index (χ1v) is 9.58. The van der Waals surface area contributed by atoms with Crippen molar-refractivity contribution < 1.29 is 33.3 Å². The van der Waals surface area contributed by atoms with Gasteiger partial charge >= 0.3 is 11.9 Å². The molecule has 0 bridgehead atoms. The lowest BCUT2D eigenvalue weighted by Gasteiger charge is -2.28. The Morgan fingerprint density at radius 3 is 2.70 bits per heavy atom. The van der Waals surface area contributed by atoms with Crippen LogP contribution in [0.1, 0.15) is 5.56 Å². The zero-order valence-electron chi connectivity index (χ0n) is 16.2. The molecule has 30 heavy (non-hydrogen) atoms. The summed E-state index contributed by atoms with van der Waals surface area (Å²) in [5.74, 6) is -0.502. The van der Waals surface area contributed by atoms with E-state index < -0.39 is 11.9 Å². The van der Waals surface area contributed by atoms with Crippen LogP contribution in [0, 0.1) is 0 Å². The van der Waals surface area contributed by atoms with Crippen molar-refractivity contribution >= 4 is 45.5 Å². The number of carbonyl (C=O) groups excluding carboxylic acids is 3. The predicted molar refractivity (Wildman–Crippen MR) is 112 cm³/mol. The van der Waals surface area contributed by atoms with Gasteiger partial charge in [-0.15, -0.1) is 0 Å². The topological polar surface area (TPSA) is 91.4 Å². The highest BCUT2D eigenvalue weighted by atomic mass is 79.9. The van der Waals surface area contributed by atoms with Crippen LogP contribution in [0.3, 0.4) is 0 Å². The fraction of sp³-hybridized carbons (Fsp3) is 0.190. The fourth-order valence-electron chi connectivity index (χ4n) is 2.74. The van der Waals surface area contributed by atoms with Gasteiger partial charge in [0, 0.05) is 10.5 Å². The van der Waals surface area contributed by atoms with Crippen LogP contribution in [0.2, 0.25) is 0 Å². The van der Waals surface area contributed by atoms with E-state index in [0.29, 0.717) is 22.7 Å². The van der Waals surface area contributed by atoms with Gasteiger partial charge in [0.15, 0.2) is 18.1 Å². The van der Waals surface area contributed by atoms with Crippen molar-refractivity contribution in [3.63, 3.8) is 0 Å². The number of methoxy groups -OCH3 is 2. The van der Waals surface area contributed by atoms with Crippen molar-refractivity contribution in [2.75, 3.05) is 32.3 Å². The second-order valence-corrected chi connectivity index (χ2v) is 7.04. The maximum Gasteiger partial charge on any atom is 0.331 e. The van der Waals surface area contributed by atoms with Crippen molar-refractivity contribution in [1.82, 2.24) is 0 Å². The van der Waals surface area contributed by atoms with Crippen LogP contribution < -0.4 is 19.1 Å². The number of hydrogen-bond donors (Lipinski definition) is 0. The monoisotopic (exact) mass is 475 g/mol. The Kier molecular flexibility index (Phi) is 6.73. The SMILES string of the molecule is COC(=O)/C=C/c1ccc(OC(=O)CN2C(=O)COc3cc(Br)ccc32)c(OC)c1. The minimum absolute atomic E-state index is 0.165. The van der Waals surface area contributed by atoms with Gasteiger partial charge in [0.05, 0.1) is 19.9 Å². The van der Waals surface area contributed by atoms with Crippen LogP contribution in [0.25, 0.3) is 6.08 Å². The van der Waals surface area contributed by atoms with E-state index in [2.05, 4.69) is 20.7 Å². The highest BCUT2D eigenvalue weighted by Gasteiger charge is 2.28. The van der Waals surface area contributed by atoms with Gasteiger partial charge in [-0.2, -0.15) is 0 Å². The lowest BCUT2D eigenvalue weighted by molar-refractivity contribution is -0.135. The minimum atomic E-state index is -0.643. The van der Waals surface area contributed by atoms with Gasteiger partial charge < -0.3 is 18.9 Å². The first-order chi connectivity index (χ1) is 14.4. The minimum Gasteiger partial charge on any atom is -0.493 e. The summed E-state index contributed by atoms with van der Waals surface area (Å²) in [7, 11) is 2.71. The molecule has 0 unspecified atom stereocenters. The smallest absolute Gasteiger partial charge is 0.331 e. The summed E-state index contributed by atoms with van der Waals surface area (Å²) in [6, 6.07) is 9.96. The van der Waals surface area contributed by atoms with E-state index in [4.69, 9.17) is 14.2 Å². The molecule has 1 aliphatic rings. The second-order valence-electron chi connectivity index (χ2n) is 6.12. The van der Waals surface area contributed by atoms with Crippen LogP contribution >= 0.6 is 15.9 Å². The molecular formula is C21H18BrNO7. The average Bonchev–Trinajstić information content (AvgIpc) is 2.74. The predicted octanol–water partition coefficient (Wildman–Crippen LogP) is 2.97. The summed E-state index contributed by atoms with van der Waals surface area (Å²) in [4.78, 5) is 37.3. The Hall–Kier alpha value is -3.33. The van der Waals surface area contributed by atoms with Crippen molar-refractivity contribution in [2.45, 2.75) is 0 Å². The molecule has 0 aromatic heterocycles. The largest absolute Gasteiger partial charge is 0.493 e. The number of nitrogens with zero attached hydrogens (tertiary/aromatic N) is 1. The number of halogens is 1. The number of fused-ring (bicyclic) bond motifs is 1. The van der Waals surface area contributed by atoms with Gasteiger partial charge in [0.2, 0.25) is 0 Å². The molecule has 9 heteroatoms. The molecule has 1 amide bonds. The van der Waals surface area contributed by atoms with Gasteiger partial charge in [-0.3, -0.25) is 9.69 Å². The van der Waals surface area contributed by atoms with Gasteiger partial charge in [-0.25, -0.2) is 9.59 Å². The van der Waals surface area contributed by atoms with Crippen molar-refractivity contribution in [3.05, 3.63) is 52.5 Å². The van der Waals surface area contributed by atoms with Crippen LogP contribution in [-0.2, 0) is 19.1 Å². The summed E-state index contributed by atoms with van der Waals surface area (Å²) in [6.45, 7) is -0.453. The average molecular weight is 476 g/mol. The van der Waals surface area contributed by atoms with E-state index in [0.717, 1.165) is 4.47 Å². The maximum absolute atomic E-state index is 12.5. The molecule has 2 aromatic rings. The quantitative estimate of drug-likeness (QED) is 0.360. The molecular weight excluding hydrogens is 458 g/mol. The number of ether oxygens (including phenoxy) is 4. The molecule has 0 saturated carbocycles. The molecule has 0 spiro atoms. The van der Waals surface area contributed by atoms with Gasteiger partial charge in [-0.1, -0.05) is 22.0 Å². The first kappa shape index (κ1) is 21.4.